The molecule has 0 radical (unpaired) electrons. The maximum atomic E-state index is 4.51. The van der Waals surface area contributed by atoms with E-state index in [0.717, 1.165) is 17.1 Å². The molecule has 0 spiro atoms. The molecule has 3 nitrogen and oxygen atoms in total. The number of piperidine rings is 1. The van der Waals surface area contributed by atoms with Crippen molar-refractivity contribution in [3.05, 3.63) is 28.5 Å². The molecule has 0 aromatic carbocycles. The first-order valence-electron chi connectivity index (χ1n) is 7.39. The van der Waals surface area contributed by atoms with Crippen LogP contribution >= 0.6 is 15.9 Å². The molecule has 2 aliphatic rings. The van der Waals surface area contributed by atoms with E-state index in [1.54, 1.807) is 0 Å². The molecule has 1 aromatic heterocycles. The summed E-state index contributed by atoms with van der Waals surface area (Å²) in [4.78, 5) is 7.14. The van der Waals surface area contributed by atoms with E-state index in [9.17, 15) is 0 Å². The summed E-state index contributed by atoms with van der Waals surface area (Å²) in [6.07, 6.45) is 8.68. The van der Waals surface area contributed by atoms with E-state index in [4.69, 9.17) is 0 Å². The fourth-order valence-electron chi connectivity index (χ4n) is 2.85. The lowest BCUT2D eigenvalue weighted by atomic mass is 10.0. The van der Waals surface area contributed by atoms with Crippen molar-refractivity contribution >= 4 is 15.9 Å². The summed E-state index contributed by atoms with van der Waals surface area (Å²) in [5.41, 5.74) is 1.19. The van der Waals surface area contributed by atoms with Crippen molar-refractivity contribution in [3.8, 4) is 0 Å². The van der Waals surface area contributed by atoms with Gasteiger partial charge in [-0.05, 0) is 60.3 Å². The molecular formula is C15H22BrN3. The third-order valence-electron chi connectivity index (χ3n) is 4.08. The van der Waals surface area contributed by atoms with Gasteiger partial charge in [-0.2, -0.15) is 0 Å². The Morgan fingerprint density at radius 2 is 2.16 bits per heavy atom. The highest BCUT2D eigenvalue weighted by molar-refractivity contribution is 9.10. The van der Waals surface area contributed by atoms with Crippen LogP contribution in [0.2, 0.25) is 0 Å². The molecular weight excluding hydrogens is 302 g/mol. The third-order valence-corrected chi connectivity index (χ3v) is 4.55. The summed E-state index contributed by atoms with van der Waals surface area (Å²) >= 11 is 3.45. The number of nitrogens with one attached hydrogen (secondary N) is 1. The van der Waals surface area contributed by atoms with Gasteiger partial charge in [-0.3, -0.25) is 9.88 Å². The van der Waals surface area contributed by atoms with Crippen molar-refractivity contribution in [3.63, 3.8) is 0 Å². The normalized spacial score (nSPS) is 23.8. The molecule has 1 aliphatic heterocycles. The number of halogens is 1. The van der Waals surface area contributed by atoms with Crippen LogP contribution in [-0.4, -0.2) is 35.1 Å². The maximum absolute atomic E-state index is 4.51. The van der Waals surface area contributed by atoms with Crippen LogP contribution in [-0.2, 0) is 6.54 Å². The van der Waals surface area contributed by atoms with Gasteiger partial charge in [0, 0.05) is 35.8 Å². The Hall–Kier alpha value is -0.450. The zero-order valence-corrected chi connectivity index (χ0v) is 12.9. The number of hydrogen-bond donors (Lipinski definition) is 1. The van der Waals surface area contributed by atoms with Gasteiger partial charge in [0.15, 0.2) is 0 Å². The van der Waals surface area contributed by atoms with E-state index in [-0.39, 0.29) is 0 Å². The molecule has 19 heavy (non-hydrogen) atoms. The van der Waals surface area contributed by atoms with Crippen molar-refractivity contribution in [2.75, 3.05) is 13.1 Å². The Balaban J connectivity index is 1.59. The van der Waals surface area contributed by atoms with Crippen molar-refractivity contribution in [1.82, 2.24) is 15.2 Å². The molecule has 1 atom stereocenters. The van der Waals surface area contributed by atoms with Gasteiger partial charge >= 0.3 is 0 Å². The summed E-state index contributed by atoms with van der Waals surface area (Å²) in [5, 5.41) is 3.66. The van der Waals surface area contributed by atoms with E-state index in [2.05, 4.69) is 43.3 Å². The first-order chi connectivity index (χ1) is 9.31. The Kier molecular flexibility index (Phi) is 4.51. The Morgan fingerprint density at radius 1 is 1.26 bits per heavy atom. The van der Waals surface area contributed by atoms with Gasteiger partial charge in [0.25, 0.3) is 0 Å². The molecule has 1 unspecified atom stereocenters. The summed E-state index contributed by atoms with van der Waals surface area (Å²) < 4.78 is 1.06. The van der Waals surface area contributed by atoms with Crippen LogP contribution in [0.25, 0.3) is 0 Å². The first-order valence-corrected chi connectivity index (χ1v) is 8.18. The van der Waals surface area contributed by atoms with Crippen LogP contribution in [0.4, 0.5) is 0 Å². The van der Waals surface area contributed by atoms with E-state index in [0.29, 0.717) is 6.04 Å². The number of pyridine rings is 1. The number of hydrogen-bond acceptors (Lipinski definition) is 3. The highest BCUT2D eigenvalue weighted by Crippen LogP contribution is 2.29. The van der Waals surface area contributed by atoms with Gasteiger partial charge in [-0.25, -0.2) is 0 Å². The highest BCUT2D eigenvalue weighted by Gasteiger charge is 2.31. The molecule has 0 amide bonds. The minimum atomic E-state index is 0.685. The minimum Gasteiger partial charge on any atom is -0.313 e. The molecule has 4 heteroatoms. The molecule has 2 fully saturated rings. The monoisotopic (exact) mass is 323 g/mol. The SMILES string of the molecule is Brc1ccc(CN(CC2CCCCN2)C2CC2)nc1. The fourth-order valence-corrected chi connectivity index (χ4v) is 3.09. The van der Waals surface area contributed by atoms with Gasteiger partial charge in [-0.15, -0.1) is 0 Å². The van der Waals surface area contributed by atoms with E-state index in [1.165, 1.54) is 50.9 Å². The second-order valence-corrected chi connectivity index (χ2v) is 6.69. The smallest absolute Gasteiger partial charge is 0.0544 e. The van der Waals surface area contributed by atoms with E-state index < -0.39 is 0 Å². The Morgan fingerprint density at radius 3 is 2.79 bits per heavy atom. The highest BCUT2D eigenvalue weighted by atomic mass is 79.9. The lowest BCUT2D eigenvalue weighted by molar-refractivity contribution is 0.206. The maximum Gasteiger partial charge on any atom is 0.0544 e. The van der Waals surface area contributed by atoms with Gasteiger partial charge in [0.2, 0.25) is 0 Å². The van der Waals surface area contributed by atoms with Gasteiger partial charge in [0.05, 0.1) is 5.69 Å². The molecule has 1 saturated heterocycles. The lowest BCUT2D eigenvalue weighted by Crippen LogP contribution is -2.44. The van der Waals surface area contributed by atoms with Gasteiger partial charge in [-0.1, -0.05) is 6.42 Å². The van der Waals surface area contributed by atoms with Crippen LogP contribution in [0.5, 0.6) is 0 Å². The van der Waals surface area contributed by atoms with Crippen molar-refractivity contribution in [2.45, 2.75) is 50.7 Å². The van der Waals surface area contributed by atoms with Gasteiger partial charge in [0.1, 0.15) is 0 Å². The molecule has 2 heterocycles. The van der Waals surface area contributed by atoms with Crippen LogP contribution in [0.15, 0.2) is 22.8 Å². The second-order valence-electron chi connectivity index (χ2n) is 5.78. The zero-order chi connectivity index (χ0) is 13.1. The third kappa shape index (κ3) is 4.01. The Labute approximate surface area is 123 Å². The summed E-state index contributed by atoms with van der Waals surface area (Å²) in [6.45, 7) is 3.37. The summed E-state index contributed by atoms with van der Waals surface area (Å²) in [5.74, 6) is 0. The molecule has 1 N–H and O–H groups in total. The predicted octanol–water partition coefficient (Wildman–Crippen LogP) is 2.95. The van der Waals surface area contributed by atoms with Gasteiger partial charge < -0.3 is 5.32 Å². The van der Waals surface area contributed by atoms with Crippen LogP contribution < -0.4 is 5.32 Å². The number of nitrogens with zero attached hydrogens (tertiary/aromatic N) is 2. The molecule has 1 saturated carbocycles. The molecule has 3 rings (SSSR count). The van der Waals surface area contributed by atoms with Crippen LogP contribution in [0.3, 0.4) is 0 Å². The van der Waals surface area contributed by atoms with Crippen molar-refractivity contribution in [1.29, 1.82) is 0 Å². The second kappa shape index (κ2) is 6.33. The van der Waals surface area contributed by atoms with Crippen molar-refractivity contribution < 1.29 is 0 Å². The summed E-state index contributed by atoms with van der Waals surface area (Å²) in [7, 11) is 0. The molecule has 1 aliphatic carbocycles. The zero-order valence-electron chi connectivity index (χ0n) is 11.3. The van der Waals surface area contributed by atoms with E-state index in [1.807, 2.05) is 6.20 Å². The van der Waals surface area contributed by atoms with Crippen LogP contribution in [0.1, 0.15) is 37.8 Å². The minimum absolute atomic E-state index is 0.685. The topological polar surface area (TPSA) is 28.2 Å². The lowest BCUT2D eigenvalue weighted by Gasteiger charge is -2.30. The average molecular weight is 324 g/mol. The fraction of sp³-hybridized carbons (Fsp3) is 0.667. The standard InChI is InChI=1S/C15H22BrN3/c16-12-4-5-14(18-9-12)11-19(15-6-7-15)10-13-3-1-2-8-17-13/h4-5,9,13,15,17H,1-3,6-8,10-11H2. The van der Waals surface area contributed by atoms with Crippen LogP contribution in [0, 0.1) is 0 Å². The predicted molar refractivity (Wildman–Crippen MR) is 81.0 cm³/mol. The van der Waals surface area contributed by atoms with Crippen molar-refractivity contribution in [2.24, 2.45) is 0 Å². The van der Waals surface area contributed by atoms with E-state index >= 15 is 0 Å². The molecule has 104 valence electrons. The quantitative estimate of drug-likeness (QED) is 0.903. The molecule has 0 bridgehead atoms. The number of rotatable bonds is 5. The number of aromatic nitrogens is 1. The average Bonchev–Trinajstić information content (AvgIpc) is 3.26. The largest absolute Gasteiger partial charge is 0.313 e. The first kappa shape index (κ1) is 13.5. The Bertz CT molecular complexity index is 396. The molecule has 1 aromatic rings. The summed E-state index contributed by atoms with van der Waals surface area (Å²) in [6, 6.07) is 5.71.